The first-order valence-corrected chi connectivity index (χ1v) is 9.24. The zero-order valence-corrected chi connectivity index (χ0v) is 14.4. The van der Waals surface area contributed by atoms with E-state index in [0.29, 0.717) is 17.2 Å². The number of hydrogen-bond acceptors (Lipinski definition) is 5. The van der Waals surface area contributed by atoms with Gasteiger partial charge in [-0.2, -0.15) is 0 Å². The number of nitrogens with one attached hydrogen (secondary N) is 1. The summed E-state index contributed by atoms with van der Waals surface area (Å²) >= 11 is 1.66. The number of ether oxygens (including phenoxy) is 1. The molecule has 1 amide bonds. The lowest BCUT2D eigenvalue weighted by atomic mass is 10.2. The fraction of sp³-hybridized carbons (Fsp3) is 0.278. The largest absolute Gasteiger partial charge is 0.377 e. The summed E-state index contributed by atoms with van der Waals surface area (Å²) in [7, 11) is 0. The van der Waals surface area contributed by atoms with Crippen molar-refractivity contribution in [2.45, 2.75) is 23.8 Å². The Bertz CT molecular complexity index is 889. The molecule has 25 heavy (non-hydrogen) atoms. The quantitative estimate of drug-likeness (QED) is 0.712. The third-order valence-corrected chi connectivity index (χ3v) is 5.32. The van der Waals surface area contributed by atoms with Gasteiger partial charge < -0.3 is 4.74 Å². The van der Waals surface area contributed by atoms with Crippen LogP contribution in [0.1, 0.15) is 23.2 Å². The fourth-order valence-corrected chi connectivity index (χ4v) is 3.95. The molecule has 1 atom stereocenters. The third kappa shape index (κ3) is 3.52. The molecule has 1 N–H and O–H groups in total. The molecule has 2 aromatic heterocycles. The molecule has 0 radical (unpaired) electrons. The predicted molar refractivity (Wildman–Crippen MR) is 97.1 cm³/mol. The highest BCUT2D eigenvalue weighted by Crippen LogP contribution is 2.27. The number of aromatic nitrogens is 3. The van der Waals surface area contributed by atoms with Gasteiger partial charge in [-0.3, -0.25) is 14.5 Å². The molecule has 0 spiro atoms. The minimum atomic E-state index is -0.186. The van der Waals surface area contributed by atoms with Gasteiger partial charge in [-0.05, 0) is 37.1 Å². The summed E-state index contributed by atoms with van der Waals surface area (Å²) in [4.78, 5) is 13.7. The normalized spacial score (nSPS) is 17.0. The second kappa shape index (κ2) is 7.25. The number of carbonyl (C=O) groups is 1. The van der Waals surface area contributed by atoms with Crippen LogP contribution in [-0.4, -0.2) is 39.0 Å². The van der Waals surface area contributed by atoms with Crippen LogP contribution in [0.4, 0.5) is 5.95 Å². The van der Waals surface area contributed by atoms with Crippen molar-refractivity contribution in [3.63, 3.8) is 0 Å². The van der Waals surface area contributed by atoms with Gasteiger partial charge in [-0.1, -0.05) is 18.2 Å². The topological polar surface area (TPSA) is 68.5 Å². The van der Waals surface area contributed by atoms with Gasteiger partial charge in [0.1, 0.15) is 0 Å². The van der Waals surface area contributed by atoms with Gasteiger partial charge in [0.05, 0.1) is 11.7 Å². The number of rotatable bonds is 5. The van der Waals surface area contributed by atoms with Gasteiger partial charge in [0.2, 0.25) is 5.95 Å². The number of fused-ring (bicyclic) bond motifs is 1. The second-order valence-electron chi connectivity index (χ2n) is 5.85. The molecule has 3 aromatic rings. The first kappa shape index (κ1) is 16.1. The Morgan fingerprint density at radius 2 is 2.12 bits per heavy atom. The standard InChI is InChI=1S/C18H18N4O2S/c23-17(19-18-21-20-16-9-3-4-10-22(16)18)14-7-1-2-8-15(14)25-12-13-6-5-11-24-13/h1-4,7-10,13H,5-6,11-12H2,(H,19,21,23)/t13-/m0/s1. The van der Waals surface area contributed by atoms with Crippen molar-refractivity contribution in [1.82, 2.24) is 14.6 Å². The van der Waals surface area contributed by atoms with Crippen LogP contribution in [0.2, 0.25) is 0 Å². The van der Waals surface area contributed by atoms with E-state index in [2.05, 4.69) is 15.5 Å². The average molecular weight is 354 g/mol. The monoisotopic (exact) mass is 354 g/mol. The van der Waals surface area contributed by atoms with Gasteiger partial charge in [0.25, 0.3) is 5.91 Å². The molecule has 1 aromatic carbocycles. The number of amides is 1. The van der Waals surface area contributed by atoms with E-state index in [1.807, 2.05) is 48.7 Å². The molecule has 0 saturated carbocycles. The Kier molecular flexibility index (Phi) is 4.67. The molecule has 0 aliphatic carbocycles. The maximum atomic E-state index is 12.7. The molecule has 6 nitrogen and oxygen atoms in total. The van der Waals surface area contributed by atoms with Crippen LogP contribution in [0.15, 0.2) is 53.6 Å². The highest BCUT2D eigenvalue weighted by Gasteiger charge is 2.18. The van der Waals surface area contributed by atoms with Crippen molar-refractivity contribution >= 4 is 29.3 Å². The first-order chi connectivity index (χ1) is 12.3. The molecular formula is C18H18N4O2S. The number of hydrogen-bond donors (Lipinski definition) is 1. The highest BCUT2D eigenvalue weighted by molar-refractivity contribution is 7.99. The van der Waals surface area contributed by atoms with Crippen molar-refractivity contribution in [3.05, 3.63) is 54.2 Å². The predicted octanol–water partition coefficient (Wildman–Crippen LogP) is 3.25. The van der Waals surface area contributed by atoms with E-state index in [-0.39, 0.29) is 12.0 Å². The maximum absolute atomic E-state index is 12.7. The molecule has 7 heteroatoms. The maximum Gasteiger partial charge on any atom is 0.259 e. The molecule has 1 aliphatic rings. The summed E-state index contributed by atoms with van der Waals surface area (Å²) in [6.07, 6.45) is 4.31. The minimum absolute atomic E-state index is 0.186. The Morgan fingerprint density at radius 3 is 3.00 bits per heavy atom. The molecule has 128 valence electrons. The van der Waals surface area contributed by atoms with Crippen LogP contribution in [0.5, 0.6) is 0 Å². The van der Waals surface area contributed by atoms with E-state index in [9.17, 15) is 4.79 Å². The number of benzene rings is 1. The number of anilines is 1. The van der Waals surface area contributed by atoms with Crippen molar-refractivity contribution < 1.29 is 9.53 Å². The number of nitrogens with zero attached hydrogens (tertiary/aromatic N) is 3. The van der Waals surface area contributed by atoms with Crippen LogP contribution < -0.4 is 5.32 Å². The fourth-order valence-electron chi connectivity index (χ4n) is 2.83. The molecule has 0 bridgehead atoms. The van der Waals surface area contributed by atoms with Crippen LogP contribution >= 0.6 is 11.8 Å². The van der Waals surface area contributed by atoms with Gasteiger partial charge in [0.15, 0.2) is 5.65 Å². The summed E-state index contributed by atoms with van der Waals surface area (Å²) in [5, 5.41) is 11.0. The van der Waals surface area contributed by atoms with E-state index in [0.717, 1.165) is 30.1 Å². The smallest absolute Gasteiger partial charge is 0.259 e. The summed E-state index contributed by atoms with van der Waals surface area (Å²) in [5.41, 5.74) is 1.33. The average Bonchev–Trinajstić information content (AvgIpc) is 3.30. The molecule has 4 rings (SSSR count). The molecule has 1 aliphatic heterocycles. The van der Waals surface area contributed by atoms with Gasteiger partial charge in [0, 0.05) is 23.5 Å². The van der Waals surface area contributed by atoms with E-state index in [1.54, 1.807) is 16.2 Å². The summed E-state index contributed by atoms with van der Waals surface area (Å²) in [6.45, 7) is 0.841. The molecule has 1 fully saturated rings. The SMILES string of the molecule is O=C(Nc1nnc2ccccn12)c1ccccc1SC[C@@H]1CCCO1. The van der Waals surface area contributed by atoms with E-state index < -0.39 is 0 Å². The van der Waals surface area contributed by atoms with Crippen molar-refractivity contribution in [1.29, 1.82) is 0 Å². The van der Waals surface area contributed by atoms with Crippen molar-refractivity contribution in [3.8, 4) is 0 Å². The van der Waals surface area contributed by atoms with Crippen LogP contribution in [0.3, 0.4) is 0 Å². The van der Waals surface area contributed by atoms with E-state index in [1.165, 1.54) is 0 Å². The Balaban J connectivity index is 1.51. The lowest BCUT2D eigenvalue weighted by Gasteiger charge is -2.12. The van der Waals surface area contributed by atoms with Gasteiger partial charge >= 0.3 is 0 Å². The molecule has 1 saturated heterocycles. The van der Waals surface area contributed by atoms with Crippen LogP contribution in [0, 0.1) is 0 Å². The Morgan fingerprint density at radius 1 is 1.24 bits per heavy atom. The van der Waals surface area contributed by atoms with Crippen molar-refractivity contribution in [2.75, 3.05) is 17.7 Å². The summed E-state index contributed by atoms with van der Waals surface area (Å²) in [6, 6.07) is 13.2. The van der Waals surface area contributed by atoms with Gasteiger partial charge in [-0.15, -0.1) is 22.0 Å². The first-order valence-electron chi connectivity index (χ1n) is 8.26. The number of thioether (sulfide) groups is 1. The zero-order valence-electron chi connectivity index (χ0n) is 13.6. The number of pyridine rings is 1. The lowest BCUT2D eigenvalue weighted by molar-refractivity contribution is 0.102. The third-order valence-electron chi connectivity index (χ3n) is 4.12. The van der Waals surface area contributed by atoms with Crippen LogP contribution in [0.25, 0.3) is 5.65 Å². The minimum Gasteiger partial charge on any atom is -0.377 e. The van der Waals surface area contributed by atoms with Gasteiger partial charge in [-0.25, -0.2) is 0 Å². The molecule has 0 unspecified atom stereocenters. The second-order valence-corrected chi connectivity index (χ2v) is 6.91. The molecule has 3 heterocycles. The van der Waals surface area contributed by atoms with E-state index in [4.69, 9.17) is 4.74 Å². The number of carbonyl (C=O) groups excluding carboxylic acids is 1. The Hall–Kier alpha value is -2.38. The van der Waals surface area contributed by atoms with Crippen molar-refractivity contribution in [2.24, 2.45) is 0 Å². The Labute approximate surface area is 149 Å². The zero-order chi connectivity index (χ0) is 17.1. The highest BCUT2D eigenvalue weighted by atomic mass is 32.2. The summed E-state index contributed by atoms with van der Waals surface area (Å²) < 4.78 is 7.42. The van der Waals surface area contributed by atoms with Crippen LogP contribution in [-0.2, 0) is 4.74 Å². The van der Waals surface area contributed by atoms with E-state index >= 15 is 0 Å². The molecular weight excluding hydrogens is 336 g/mol. The lowest BCUT2D eigenvalue weighted by Crippen LogP contribution is -2.15. The summed E-state index contributed by atoms with van der Waals surface area (Å²) in [5.74, 6) is 1.09.